The second-order valence-corrected chi connectivity index (χ2v) is 5.97. The van der Waals surface area contributed by atoms with Gasteiger partial charge in [0.2, 0.25) is 0 Å². The van der Waals surface area contributed by atoms with Crippen molar-refractivity contribution < 1.29 is 0 Å². The van der Waals surface area contributed by atoms with E-state index in [0.29, 0.717) is 12.4 Å². The van der Waals surface area contributed by atoms with Gasteiger partial charge in [-0.15, -0.1) is 11.8 Å². The maximum Gasteiger partial charge on any atom is 0.123 e. The first-order valence-corrected chi connectivity index (χ1v) is 7.68. The van der Waals surface area contributed by atoms with Gasteiger partial charge in [0.15, 0.2) is 0 Å². The molecule has 2 N–H and O–H groups in total. The highest BCUT2D eigenvalue weighted by Gasteiger charge is 2.07. The van der Waals surface area contributed by atoms with Crippen LogP contribution in [0.1, 0.15) is 18.9 Å². The Morgan fingerprint density at radius 1 is 1.39 bits per heavy atom. The van der Waals surface area contributed by atoms with Crippen molar-refractivity contribution in [1.82, 2.24) is 9.78 Å². The summed E-state index contributed by atoms with van der Waals surface area (Å²) in [6, 6.07) is 10.1. The molecule has 0 aliphatic carbocycles. The van der Waals surface area contributed by atoms with Crippen molar-refractivity contribution in [3.63, 3.8) is 0 Å². The average Bonchev–Trinajstić information content (AvgIpc) is 2.70. The largest absolute Gasteiger partial charge is 0.384 e. The number of nitrogens with two attached hydrogens (primary N) is 1. The van der Waals surface area contributed by atoms with Gasteiger partial charge in [-0.3, -0.25) is 0 Å². The quantitative estimate of drug-likeness (QED) is 0.851. The van der Waals surface area contributed by atoms with Crippen LogP contribution in [0.2, 0.25) is 0 Å². The number of rotatable bonds is 5. The minimum atomic E-state index is 0.694. The van der Waals surface area contributed by atoms with Crippen LogP contribution in [-0.2, 0) is 6.54 Å². The molecule has 3 nitrogen and oxygen atoms in total. The number of anilines is 1. The van der Waals surface area contributed by atoms with E-state index in [9.17, 15) is 0 Å². The first-order valence-electron chi connectivity index (χ1n) is 5.90. The van der Waals surface area contributed by atoms with Gasteiger partial charge in [0.05, 0.1) is 6.54 Å². The summed E-state index contributed by atoms with van der Waals surface area (Å²) in [4.78, 5) is 0. The number of hydrogen-bond donors (Lipinski definition) is 1. The van der Waals surface area contributed by atoms with Crippen LogP contribution in [0, 0.1) is 0 Å². The van der Waals surface area contributed by atoms with Gasteiger partial charge in [-0.05, 0) is 23.8 Å². The lowest BCUT2D eigenvalue weighted by Crippen LogP contribution is -2.06. The zero-order valence-corrected chi connectivity index (χ0v) is 12.7. The predicted octanol–water partition coefficient (Wildman–Crippen LogP) is 3.78. The molecule has 2 rings (SSSR count). The molecule has 0 fully saturated rings. The molecular formula is C13H16BrN3S. The van der Waals surface area contributed by atoms with E-state index in [1.54, 1.807) is 11.8 Å². The molecule has 0 saturated heterocycles. The van der Waals surface area contributed by atoms with Gasteiger partial charge < -0.3 is 5.73 Å². The Balaban J connectivity index is 2.14. The number of aromatic nitrogens is 2. The standard InChI is InChI=1S/C13H16BrN3S/c1-2-7-18-13-8-12(15)17(16-13)9-10-5-3-4-6-11(10)14/h3-6,8H,2,7,9,15H2,1H3. The Morgan fingerprint density at radius 2 is 2.17 bits per heavy atom. The van der Waals surface area contributed by atoms with Crippen molar-refractivity contribution in [1.29, 1.82) is 0 Å². The number of nitrogen functional groups attached to an aromatic ring is 1. The topological polar surface area (TPSA) is 43.8 Å². The van der Waals surface area contributed by atoms with Crippen LogP contribution in [0.15, 0.2) is 39.8 Å². The van der Waals surface area contributed by atoms with E-state index >= 15 is 0 Å². The van der Waals surface area contributed by atoms with Crippen molar-refractivity contribution in [2.24, 2.45) is 0 Å². The van der Waals surface area contributed by atoms with Crippen LogP contribution in [0.5, 0.6) is 0 Å². The predicted molar refractivity (Wildman–Crippen MR) is 80.9 cm³/mol. The van der Waals surface area contributed by atoms with Gasteiger partial charge >= 0.3 is 0 Å². The normalized spacial score (nSPS) is 10.8. The van der Waals surface area contributed by atoms with Gasteiger partial charge in [-0.25, -0.2) is 4.68 Å². The van der Waals surface area contributed by atoms with E-state index in [0.717, 1.165) is 21.7 Å². The van der Waals surface area contributed by atoms with Crippen molar-refractivity contribution in [2.75, 3.05) is 11.5 Å². The number of thioether (sulfide) groups is 1. The van der Waals surface area contributed by atoms with E-state index in [-0.39, 0.29) is 0 Å². The minimum Gasteiger partial charge on any atom is -0.384 e. The summed E-state index contributed by atoms with van der Waals surface area (Å²) >= 11 is 5.29. The van der Waals surface area contributed by atoms with Crippen molar-refractivity contribution in [3.05, 3.63) is 40.4 Å². The first-order chi connectivity index (χ1) is 8.70. The second kappa shape index (κ2) is 6.29. The number of benzene rings is 1. The molecule has 18 heavy (non-hydrogen) atoms. The molecule has 0 atom stereocenters. The summed E-state index contributed by atoms with van der Waals surface area (Å²) in [5, 5.41) is 5.52. The molecule has 0 radical (unpaired) electrons. The average molecular weight is 326 g/mol. The fourth-order valence-electron chi connectivity index (χ4n) is 1.60. The Bertz CT molecular complexity index is 525. The molecule has 1 aromatic carbocycles. The molecule has 96 valence electrons. The van der Waals surface area contributed by atoms with E-state index in [4.69, 9.17) is 5.73 Å². The maximum atomic E-state index is 5.98. The zero-order chi connectivity index (χ0) is 13.0. The van der Waals surface area contributed by atoms with Gasteiger partial charge in [0.1, 0.15) is 10.8 Å². The lowest BCUT2D eigenvalue weighted by molar-refractivity contribution is 0.673. The third-order valence-electron chi connectivity index (χ3n) is 2.52. The van der Waals surface area contributed by atoms with Crippen LogP contribution < -0.4 is 5.73 Å². The van der Waals surface area contributed by atoms with Gasteiger partial charge in [-0.1, -0.05) is 41.1 Å². The Labute approximate surface area is 120 Å². The molecule has 0 spiro atoms. The van der Waals surface area contributed by atoms with Crippen molar-refractivity contribution >= 4 is 33.5 Å². The number of nitrogens with zero attached hydrogens (tertiary/aromatic N) is 2. The van der Waals surface area contributed by atoms with E-state index < -0.39 is 0 Å². The summed E-state index contributed by atoms with van der Waals surface area (Å²) in [6.45, 7) is 2.86. The molecule has 0 amide bonds. The molecule has 1 heterocycles. The number of hydrogen-bond acceptors (Lipinski definition) is 3. The molecule has 0 aliphatic rings. The summed E-state index contributed by atoms with van der Waals surface area (Å²) in [5.74, 6) is 1.79. The summed E-state index contributed by atoms with van der Waals surface area (Å²) in [6.07, 6.45) is 1.14. The van der Waals surface area contributed by atoms with Crippen LogP contribution in [0.25, 0.3) is 0 Å². The Morgan fingerprint density at radius 3 is 2.89 bits per heavy atom. The third-order valence-corrected chi connectivity index (χ3v) is 4.40. The van der Waals surface area contributed by atoms with Crippen LogP contribution in [0.4, 0.5) is 5.82 Å². The summed E-state index contributed by atoms with van der Waals surface area (Å²) in [7, 11) is 0. The van der Waals surface area contributed by atoms with Crippen LogP contribution in [0.3, 0.4) is 0 Å². The Kier molecular flexibility index (Phi) is 4.72. The highest BCUT2D eigenvalue weighted by molar-refractivity contribution is 9.10. The van der Waals surface area contributed by atoms with Crippen molar-refractivity contribution in [3.8, 4) is 0 Å². The van der Waals surface area contributed by atoms with Crippen LogP contribution in [-0.4, -0.2) is 15.5 Å². The SMILES string of the molecule is CCCSc1cc(N)n(Cc2ccccc2Br)n1. The summed E-state index contributed by atoms with van der Waals surface area (Å²) in [5.41, 5.74) is 7.16. The lowest BCUT2D eigenvalue weighted by atomic mass is 10.2. The fourth-order valence-corrected chi connectivity index (χ4v) is 2.78. The number of halogens is 1. The smallest absolute Gasteiger partial charge is 0.123 e. The molecule has 0 aliphatic heterocycles. The molecule has 0 unspecified atom stereocenters. The molecular weight excluding hydrogens is 310 g/mol. The van der Waals surface area contributed by atoms with E-state index in [2.05, 4.69) is 34.0 Å². The third kappa shape index (κ3) is 3.29. The summed E-state index contributed by atoms with van der Waals surface area (Å²) < 4.78 is 2.93. The highest BCUT2D eigenvalue weighted by atomic mass is 79.9. The fraction of sp³-hybridized carbons (Fsp3) is 0.308. The molecule has 1 aromatic heterocycles. The maximum absolute atomic E-state index is 5.98. The zero-order valence-electron chi connectivity index (χ0n) is 10.3. The van der Waals surface area contributed by atoms with E-state index in [1.807, 2.05) is 28.9 Å². The van der Waals surface area contributed by atoms with Gasteiger partial charge in [-0.2, -0.15) is 5.10 Å². The van der Waals surface area contributed by atoms with Gasteiger partial charge in [0, 0.05) is 10.5 Å². The minimum absolute atomic E-state index is 0.694. The van der Waals surface area contributed by atoms with Crippen molar-refractivity contribution in [2.45, 2.75) is 24.9 Å². The molecule has 0 saturated carbocycles. The molecule has 5 heteroatoms. The van der Waals surface area contributed by atoms with Gasteiger partial charge in [0.25, 0.3) is 0 Å². The monoisotopic (exact) mass is 325 g/mol. The lowest BCUT2D eigenvalue weighted by Gasteiger charge is -2.06. The molecule has 2 aromatic rings. The first kappa shape index (κ1) is 13.5. The molecule has 0 bridgehead atoms. The van der Waals surface area contributed by atoms with Crippen LogP contribution >= 0.6 is 27.7 Å². The van der Waals surface area contributed by atoms with E-state index in [1.165, 1.54) is 5.56 Å². The Hall–Kier alpha value is -0.940. The second-order valence-electron chi connectivity index (χ2n) is 4.00. The highest BCUT2D eigenvalue weighted by Crippen LogP contribution is 2.22.